The highest BCUT2D eigenvalue weighted by molar-refractivity contribution is 9.10. The van der Waals surface area contributed by atoms with E-state index in [-0.39, 0.29) is 11.5 Å². The van der Waals surface area contributed by atoms with Crippen LogP contribution in [0.3, 0.4) is 0 Å². The number of nitrogens with two attached hydrogens (primary N) is 1. The second kappa shape index (κ2) is 4.80. The van der Waals surface area contributed by atoms with E-state index in [1.54, 1.807) is 0 Å². The van der Waals surface area contributed by atoms with E-state index in [1.807, 2.05) is 26.0 Å². The van der Waals surface area contributed by atoms with Crippen molar-refractivity contribution in [2.24, 2.45) is 0 Å². The summed E-state index contributed by atoms with van der Waals surface area (Å²) in [7, 11) is 0. The molecule has 0 bridgehead atoms. The van der Waals surface area contributed by atoms with E-state index in [0.29, 0.717) is 11.2 Å². The zero-order valence-corrected chi connectivity index (χ0v) is 13.0. The number of aromatic nitrogens is 2. The van der Waals surface area contributed by atoms with Crippen molar-refractivity contribution in [2.75, 3.05) is 5.73 Å². The number of nitrogen functional groups attached to an aromatic ring is 1. The van der Waals surface area contributed by atoms with Gasteiger partial charge in [-0.15, -0.1) is 0 Å². The van der Waals surface area contributed by atoms with Gasteiger partial charge in [0.2, 0.25) is 5.95 Å². The minimum atomic E-state index is -0.946. The molecule has 0 saturated carbocycles. The van der Waals surface area contributed by atoms with Gasteiger partial charge in [-0.1, -0.05) is 15.9 Å². The van der Waals surface area contributed by atoms with E-state index in [9.17, 15) is 8.78 Å². The highest BCUT2D eigenvalue weighted by Gasteiger charge is 2.19. The zero-order chi connectivity index (χ0) is 15.3. The Morgan fingerprint density at radius 3 is 2.38 bits per heavy atom. The van der Waals surface area contributed by atoms with E-state index in [2.05, 4.69) is 20.9 Å². The Balaban J connectivity index is 2.46. The fourth-order valence-electron chi connectivity index (χ4n) is 2.60. The average molecular weight is 352 g/mol. The maximum atomic E-state index is 14.2. The number of imidazole rings is 1. The van der Waals surface area contributed by atoms with Crippen LogP contribution in [0.25, 0.3) is 16.7 Å². The number of benzene rings is 2. The number of aryl methyl sites for hydroxylation is 2. The van der Waals surface area contributed by atoms with Gasteiger partial charge in [-0.2, -0.15) is 0 Å². The van der Waals surface area contributed by atoms with Gasteiger partial charge in [-0.25, -0.2) is 13.8 Å². The Kier molecular flexibility index (Phi) is 3.20. The van der Waals surface area contributed by atoms with Crippen molar-refractivity contribution < 1.29 is 8.78 Å². The van der Waals surface area contributed by atoms with Crippen molar-refractivity contribution in [3.05, 3.63) is 51.5 Å². The number of nitrogens with zero attached hydrogens (tertiary/aromatic N) is 2. The molecular formula is C15H12BrF2N3. The fraction of sp³-hybridized carbons (Fsp3) is 0.133. The van der Waals surface area contributed by atoms with Crippen LogP contribution < -0.4 is 5.73 Å². The Hall–Kier alpha value is -1.95. The molecule has 0 spiro atoms. The van der Waals surface area contributed by atoms with Gasteiger partial charge in [-0.05, 0) is 49.2 Å². The summed E-state index contributed by atoms with van der Waals surface area (Å²) in [5.41, 5.74) is 8.80. The number of fused-ring (bicyclic) bond motifs is 1. The van der Waals surface area contributed by atoms with Crippen LogP contribution >= 0.6 is 15.9 Å². The first kappa shape index (κ1) is 14.0. The third kappa shape index (κ3) is 2.10. The summed E-state index contributed by atoms with van der Waals surface area (Å²) < 4.78 is 30.1. The van der Waals surface area contributed by atoms with Crippen LogP contribution in [0.2, 0.25) is 0 Å². The second-order valence-electron chi connectivity index (χ2n) is 4.92. The van der Waals surface area contributed by atoms with Gasteiger partial charge in [-0.3, -0.25) is 4.57 Å². The normalized spacial score (nSPS) is 11.3. The van der Waals surface area contributed by atoms with Crippen molar-refractivity contribution >= 4 is 32.9 Å². The summed E-state index contributed by atoms with van der Waals surface area (Å²) in [5, 5.41) is 0. The second-order valence-corrected chi connectivity index (χ2v) is 5.84. The largest absolute Gasteiger partial charge is 0.369 e. The van der Waals surface area contributed by atoms with Gasteiger partial charge in [0.1, 0.15) is 5.52 Å². The van der Waals surface area contributed by atoms with Gasteiger partial charge in [0.05, 0.1) is 11.2 Å². The van der Waals surface area contributed by atoms with Gasteiger partial charge < -0.3 is 5.73 Å². The number of hydrogen-bond donors (Lipinski definition) is 1. The van der Waals surface area contributed by atoms with E-state index in [1.165, 1.54) is 10.6 Å². The lowest BCUT2D eigenvalue weighted by molar-refractivity contribution is 0.514. The van der Waals surface area contributed by atoms with Crippen LogP contribution in [-0.2, 0) is 0 Å². The fourth-order valence-corrected chi connectivity index (χ4v) is 3.29. The molecule has 0 amide bonds. The molecule has 2 aromatic carbocycles. The highest BCUT2D eigenvalue weighted by atomic mass is 79.9. The zero-order valence-electron chi connectivity index (χ0n) is 11.4. The molecule has 0 aliphatic heterocycles. The maximum Gasteiger partial charge on any atom is 0.206 e. The molecule has 3 nitrogen and oxygen atoms in total. The van der Waals surface area contributed by atoms with Crippen molar-refractivity contribution in [1.82, 2.24) is 9.55 Å². The van der Waals surface area contributed by atoms with Crippen LogP contribution in [0.15, 0.2) is 28.7 Å². The summed E-state index contributed by atoms with van der Waals surface area (Å²) in [4.78, 5) is 4.12. The molecule has 1 heterocycles. The van der Waals surface area contributed by atoms with E-state index >= 15 is 0 Å². The molecule has 0 radical (unpaired) electrons. The summed E-state index contributed by atoms with van der Waals surface area (Å²) >= 11 is 3.41. The summed E-state index contributed by atoms with van der Waals surface area (Å²) in [6.07, 6.45) is 0. The number of halogens is 3. The summed E-state index contributed by atoms with van der Waals surface area (Å²) in [5.74, 6) is -1.74. The smallest absolute Gasteiger partial charge is 0.206 e. The lowest BCUT2D eigenvalue weighted by Crippen LogP contribution is -2.06. The van der Waals surface area contributed by atoms with Gasteiger partial charge in [0, 0.05) is 4.47 Å². The van der Waals surface area contributed by atoms with Gasteiger partial charge in [0.25, 0.3) is 0 Å². The molecule has 2 N–H and O–H groups in total. The standard InChI is InChI=1S/C15H12BrF2N3/c1-7-5-9(16)6-8(2)13(7)21-14-11(20-15(21)19)4-3-10(17)12(14)18/h3-6H,1-2H3,(H2,19,20). The first-order valence-corrected chi connectivity index (χ1v) is 7.08. The summed E-state index contributed by atoms with van der Waals surface area (Å²) in [6, 6.07) is 6.26. The van der Waals surface area contributed by atoms with E-state index < -0.39 is 11.6 Å². The predicted octanol–water partition coefficient (Wildman–Crippen LogP) is 4.27. The van der Waals surface area contributed by atoms with Crippen molar-refractivity contribution in [2.45, 2.75) is 13.8 Å². The molecule has 1 aromatic heterocycles. The van der Waals surface area contributed by atoms with E-state index in [4.69, 9.17) is 5.73 Å². The van der Waals surface area contributed by atoms with Gasteiger partial charge >= 0.3 is 0 Å². The predicted molar refractivity (Wildman–Crippen MR) is 82.6 cm³/mol. The third-order valence-corrected chi connectivity index (χ3v) is 3.87. The summed E-state index contributed by atoms with van der Waals surface area (Å²) in [6.45, 7) is 3.77. The molecule has 0 unspecified atom stereocenters. The van der Waals surface area contributed by atoms with E-state index in [0.717, 1.165) is 21.7 Å². The van der Waals surface area contributed by atoms with Crippen molar-refractivity contribution in [3.8, 4) is 5.69 Å². The Morgan fingerprint density at radius 2 is 1.76 bits per heavy atom. The molecule has 0 fully saturated rings. The van der Waals surface area contributed by atoms with Crippen LogP contribution in [0.5, 0.6) is 0 Å². The first-order valence-electron chi connectivity index (χ1n) is 6.29. The number of rotatable bonds is 1. The molecule has 0 atom stereocenters. The minimum absolute atomic E-state index is 0.0565. The SMILES string of the molecule is Cc1cc(Br)cc(C)c1-n1c(N)nc2ccc(F)c(F)c21. The lowest BCUT2D eigenvalue weighted by Gasteiger charge is -2.14. The maximum absolute atomic E-state index is 14.2. The quantitative estimate of drug-likeness (QED) is 0.711. The molecule has 108 valence electrons. The Labute approximate surface area is 128 Å². The molecule has 21 heavy (non-hydrogen) atoms. The molecular weight excluding hydrogens is 340 g/mol. The molecule has 0 aliphatic carbocycles. The average Bonchev–Trinajstić information content (AvgIpc) is 2.71. The first-order chi connectivity index (χ1) is 9.90. The highest BCUT2D eigenvalue weighted by Crippen LogP contribution is 2.31. The minimum Gasteiger partial charge on any atom is -0.369 e. The van der Waals surface area contributed by atoms with Crippen molar-refractivity contribution in [1.29, 1.82) is 0 Å². The van der Waals surface area contributed by atoms with Gasteiger partial charge in [0.15, 0.2) is 11.6 Å². The molecule has 3 rings (SSSR count). The number of anilines is 1. The molecule has 3 aromatic rings. The molecule has 0 saturated heterocycles. The molecule has 0 aliphatic rings. The van der Waals surface area contributed by atoms with Crippen LogP contribution in [-0.4, -0.2) is 9.55 Å². The topological polar surface area (TPSA) is 43.8 Å². The van der Waals surface area contributed by atoms with Crippen LogP contribution in [0, 0.1) is 25.5 Å². The lowest BCUT2D eigenvalue weighted by atomic mass is 10.1. The van der Waals surface area contributed by atoms with Crippen LogP contribution in [0.4, 0.5) is 14.7 Å². The van der Waals surface area contributed by atoms with Crippen molar-refractivity contribution in [3.63, 3.8) is 0 Å². The van der Waals surface area contributed by atoms with Crippen LogP contribution in [0.1, 0.15) is 11.1 Å². The number of hydrogen-bond acceptors (Lipinski definition) is 2. The Bertz CT molecular complexity index is 848. The monoisotopic (exact) mass is 351 g/mol. The molecule has 6 heteroatoms. The third-order valence-electron chi connectivity index (χ3n) is 3.41. The Morgan fingerprint density at radius 1 is 1.14 bits per heavy atom.